The van der Waals surface area contributed by atoms with Gasteiger partial charge in [-0.3, -0.25) is 14.2 Å². The molecule has 1 unspecified atom stereocenters. The number of aryl methyl sites for hydroxylation is 1. The molecule has 1 aromatic heterocycles. The van der Waals surface area contributed by atoms with Crippen LogP contribution in [0.5, 0.6) is 0 Å². The van der Waals surface area contributed by atoms with Gasteiger partial charge in [-0.15, -0.1) is 11.8 Å². The average Bonchev–Trinajstić information content (AvgIpc) is 2.81. The number of hydrogen-bond acceptors (Lipinski definition) is 5. The zero-order valence-corrected chi connectivity index (χ0v) is 20.0. The Morgan fingerprint density at radius 2 is 1.82 bits per heavy atom. The Hall–Kier alpha value is -3.10. The van der Waals surface area contributed by atoms with Gasteiger partial charge in [-0.1, -0.05) is 42.1 Å². The maximum atomic E-state index is 14.3. The SMILES string of the molecule is CSc1ccccc1NC(=O)C(C)Sc1nc2ccccc2c(=O)n1-c1ccc(C)c(F)c1. The third kappa shape index (κ3) is 4.82. The number of hydrogen-bond donors (Lipinski definition) is 1. The molecule has 8 heteroatoms. The molecule has 0 fully saturated rings. The molecule has 0 radical (unpaired) electrons. The molecule has 5 nitrogen and oxygen atoms in total. The fourth-order valence-electron chi connectivity index (χ4n) is 3.33. The van der Waals surface area contributed by atoms with E-state index in [1.807, 2.05) is 30.5 Å². The smallest absolute Gasteiger partial charge is 0.266 e. The van der Waals surface area contributed by atoms with E-state index in [1.54, 1.807) is 62.0 Å². The summed E-state index contributed by atoms with van der Waals surface area (Å²) >= 11 is 2.70. The molecule has 33 heavy (non-hydrogen) atoms. The summed E-state index contributed by atoms with van der Waals surface area (Å²) in [6.45, 7) is 3.41. The quantitative estimate of drug-likeness (QED) is 0.285. The minimum Gasteiger partial charge on any atom is -0.324 e. The lowest BCUT2D eigenvalue weighted by Gasteiger charge is -2.17. The first kappa shape index (κ1) is 23.1. The van der Waals surface area contributed by atoms with Gasteiger partial charge in [0.2, 0.25) is 5.91 Å². The van der Waals surface area contributed by atoms with Crippen molar-refractivity contribution in [3.8, 4) is 5.69 Å². The van der Waals surface area contributed by atoms with Crippen LogP contribution in [0.25, 0.3) is 16.6 Å². The summed E-state index contributed by atoms with van der Waals surface area (Å²) in [6.07, 6.45) is 1.95. The van der Waals surface area contributed by atoms with Gasteiger partial charge in [-0.25, -0.2) is 9.37 Å². The molecule has 1 atom stereocenters. The normalized spacial score (nSPS) is 12.0. The lowest BCUT2D eigenvalue weighted by Crippen LogP contribution is -2.26. The molecule has 168 valence electrons. The van der Waals surface area contributed by atoms with Gasteiger partial charge in [0.05, 0.1) is 27.5 Å². The van der Waals surface area contributed by atoms with Crippen LogP contribution in [0.4, 0.5) is 10.1 Å². The second-order valence-electron chi connectivity index (χ2n) is 7.44. The van der Waals surface area contributed by atoms with E-state index in [0.717, 1.165) is 22.3 Å². The predicted molar refractivity (Wildman–Crippen MR) is 134 cm³/mol. The van der Waals surface area contributed by atoms with Crippen LogP contribution in [0.1, 0.15) is 12.5 Å². The number of rotatable bonds is 6. The van der Waals surface area contributed by atoms with Crippen LogP contribution < -0.4 is 10.9 Å². The van der Waals surface area contributed by atoms with E-state index < -0.39 is 11.1 Å². The number of anilines is 1. The molecule has 3 aromatic carbocycles. The monoisotopic (exact) mass is 479 g/mol. The molecular weight excluding hydrogens is 457 g/mol. The van der Waals surface area contributed by atoms with E-state index in [4.69, 9.17) is 0 Å². The van der Waals surface area contributed by atoms with Crippen LogP contribution in [0.15, 0.2) is 81.6 Å². The van der Waals surface area contributed by atoms with Crippen molar-refractivity contribution >= 4 is 46.0 Å². The Balaban J connectivity index is 1.74. The molecule has 0 aliphatic rings. The molecule has 0 spiro atoms. The maximum Gasteiger partial charge on any atom is 0.266 e. The van der Waals surface area contributed by atoms with Crippen molar-refractivity contribution in [1.29, 1.82) is 0 Å². The summed E-state index contributed by atoms with van der Waals surface area (Å²) in [6, 6.07) is 19.2. The lowest BCUT2D eigenvalue weighted by molar-refractivity contribution is -0.115. The molecule has 0 saturated carbocycles. The number of para-hydroxylation sites is 2. The van der Waals surface area contributed by atoms with Crippen LogP contribution in [0.2, 0.25) is 0 Å². The summed E-state index contributed by atoms with van der Waals surface area (Å²) in [7, 11) is 0. The molecule has 0 aliphatic heterocycles. The number of carbonyl (C=O) groups excluding carboxylic acids is 1. The van der Waals surface area contributed by atoms with E-state index in [9.17, 15) is 14.0 Å². The Labute approximate surface area is 199 Å². The summed E-state index contributed by atoms with van der Waals surface area (Å²) in [4.78, 5) is 31.9. The topological polar surface area (TPSA) is 64.0 Å². The van der Waals surface area contributed by atoms with Gasteiger partial charge in [0.15, 0.2) is 5.16 Å². The fraction of sp³-hybridized carbons (Fsp3) is 0.160. The second-order valence-corrected chi connectivity index (χ2v) is 9.59. The Bertz CT molecular complexity index is 1400. The molecule has 4 rings (SSSR count). The molecule has 1 heterocycles. The number of benzene rings is 3. The third-order valence-corrected chi connectivity index (χ3v) is 7.02. The number of thioether (sulfide) groups is 2. The largest absolute Gasteiger partial charge is 0.324 e. The van der Waals surface area contributed by atoms with E-state index in [-0.39, 0.29) is 11.5 Å². The first-order valence-corrected chi connectivity index (χ1v) is 12.4. The summed E-state index contributed by atoms with van der Waals surface area (Å²) in [5, 5.41) is 3.14. The van der Waals surface area contributed by atoms with Crippen molar-refractivity contribution in [3.63, 3.8) is 0 Å². The molecule has 4 aromatic rings. The first-order chi connectivity index (χ1) is 15.9. The van der Waals surface area contributed by atoms with Crippen molar-refractivity contribution < 1.29 is 9.18 Å². The van der Waals surface area contributed by atoms with Crippen LogP contribution >= 0.6 is 23.5 Å². The van der Waals surface area contributed by atoms with Crippen molar-refractivity contribution in [2.45, 2.75) is 29.1 Å². The summed E-state index contributed by atoms with van der Waals surface area (Å²) < 4.78 is 15.7. The first-order valence-electron chi connectivity index (χ1n) is 10.3. The number of amides is 1. The van der Waals surface area contributed by atoms with Crippen LogP contribution in [0.3, 0.4) is 0 Å². The number of carbonyl (C=O) groups is 1. The molecule has 1 N–H and O–H groups in total. The van der Waals surface area contributed by atoms with Gasteiger partial charge in [0.25, 0.3) is 5.56 Å². The number of aromatic nitrogens is 2. The molecule has 0 saturated heterocycles. The van der Waals surface area contributed by atoms with Gasteiger partial charge >= 0.3 is 0 Å². The Kier molecular flexibility index (Phi) is 6.85. The van der Waals surface area contributed by atoms with Crippen LogP contribution in [-0.4, -0.2) is 27.0 Å². The highest BCUT2D eigenvalue weighted by atomic mass is 32.2. The van der Waals surface area contributed by atoms with E-state index in [0.29, 0.717) is 27.3 Å². The Morgan fingerprint density at radius 1 is 1.09 bits per heavy atom. The summed E-state index contributed by atoms with van der Waals surface area (Å²) in [5.41, 5.74) is 1.78. The molecule has 1 amide bonds. The van der Waals surface area contributed by atoms with E-state index in [2.05, 4.69) is 10.3 Å². The summed E-state index contributed by atoms with van der Waals surface area (Å²) in [5.74, 6) is -0.631. The zero-order valence-electron chi connectivity index (χ0n) is 18.3. The second kappa shape index (κ2) is 9.80. The average molecular weight is 480 g/mol. The lowest BCUT2D eigenvalue weighted by atomic mass is 10.2. The maximum absolute atomic E-state index is 14.3. The number of nitrogens with zero attached hydrogens (tertiary/aromatic N) is 2. The van der Waals surface area contributed by atoms with Crippen LogP contribution in [0, 0.1) is 12.7 Å². The molecule has 0 bridgehead atoms. The van der Waals surface area contributed by atoms with Crippen LogP contribution in [-0.2, 0) is 4.79 Å². The minimum atomic E-state index is -0.561. The van der Waals surface area contributed by atoms with Gasteiger partial charge < -0.3 is 5.32 Å². The minimum absolute atomic E-state index is 0.217. The van der Waals surface area contributed by atoms with Gasteiger partial charge in [0.1, 0.15) is 5.82 Å². The molecule has 0 aliphatic carbocycles. The van der Waals surface area contributed by atoms with E-state index in [1.165, 1.54) is 10.6 Å². The number of halogens is 1. The fourth-order valence-corrected chi connectivity index (χ4v) is 4.81. The van der Waals surface area contributed by atoms with Gasteiger partial charge in [0, 0.05) is 4.90 Å². The van der Waals surface area contributed by atoms with Crippen molar-refractivity contribution in [2.75, 3.05) is 11.6 Å². The molecular formula is C25H22FN3O2S2. The third-order valence-electron chi connectivity index (χ3n) is 5.17. The number of fused-ring (bicyclic) bond motifs is 1. The highest BCUT2D eigenvalue weighted by Gasteiger charge is 2.21. The predicted octanol–water partition coefficient (Wildman–Crippen LogP) is 5.67. The van der Waals surface area contributed by atoms with Crippen molar-refractivity contribution in [1.82, 2.24) is 9.55 Å². The highest BCUT2D eigenvalue weighted by Crippen LogP contribution is 2.29. The highest BCUT2D eigenvalue weighted by molar-refractivity contribution is 8.00. The Morgan fingerprint density at radius 3 is 2.58 bits per heavy atom. The van der Waals surface area contributed by atoms with Gasteiger partial charge in [-0.05, 0) is 62.1 Å². The van der Waals surface area contributed by atoms with Crippen molar-refractivity contribution in [2.24, 2.45) is 0 Å². The van der Waals surface area contributed by atoms with Crippen molar-refractivity contribution in [3.05, 3.63) is 88.5 Å². The standard InChI is InChI=1S/C25H22FN3O2S2/c1-15-12-13-17(14-19(15)26)29-24(31)18-8-4-5-9-20(18)28-25(29)33-16(2)23(30)27-21-10-6-7-11-22(21)32-3/h4-14,16H,1-3H3,(H,27,30). The van der Waals surface area contributed by atoms with Gasteiger partial charge in [-0.2, -0.15) is 0 Å². The zero-order chi connectivity index (χ0) is 23.5. The number of nitrogens with one attached hydrogen (secondary N) is 1. The van der Waals surface area contributed by atoms with E-state index >= 15 is 0 Å².